The highest BCUT2D eigenvalue weighted by atomic mass is 35.5. The zero-order valence-electron chi connectivity index (χ0n) is 42.8. The molecular formula is C55H62ClFN10O8S. The summed E-state index contributed by atoms with van der Waals surface area (Å²) in [7, 11) is 0. The van der Waals surface area contributed by atoms with Gasteiger partial charge in [0, 0.05) is 87.8 Å². The Morgan fingerprint density at radius 2 is 1.82 bits per heavy atom. The average molecular weight is 1080 g/mol. The molecule has 5 heterocycles. The highest BCUT2D eigenvalue weighted by Crippen LogP contribution is 2.43. The summed E-state index contributed by atoms with van der Waals surface area (Å²) in [6, 6.07) is 18.8. The molecule has 2 saturated heterocycles. The van der Waals surface area contributed by atoms with Gasteiger partial charge in [-0.1, -0.05) is 67.0 Å². The molecule has 3 aromatic heterocycles. The number of likely N-dealkylation sites (tertiary alicyclic amines) is 1. The zero-order valence-corrected chi connectivity index (χ0v) is 44.4. The number of aliphatic hydroxyl groups excluding tert-OH is 1. The lowest BCUT2D eigenvalue weighted by molar-refractivity contribution is -0.141. The second-order valence-corrected chi connectivity index (χ2v) is 20.7. The fraction of sp³-hybridized carbons (Fsp3) is 0.400. The number of hydrogen-bond acceptors (Lipinski definition) is 17. The lowest BCUT2D eigenvalue weighted by Crippen LogP contribution is -2.48. The van der Waals surface area contributed by atoms with E-state index < -0.39 is 29.8 Å². The summed E-state index contributed by atoms with van der Waals surface area (Å²) < 4.78 is 34.5. The minimum atomic E-state index is -0.880. The van der Waals surface area contributed by atoms with Crippen LogP contribution in [0.4, 0.5) is 16.2 Å². The Morgan fingerprint density at radius 3 is 2.58 bits per heavy atom. The van der Waals surface area contributed by atoms with Crippen LogP contribution >= 0.6 is 22.9 Å². The first-order valence-electron chi connectivity index (χ1n) is 25.5. The van der Waals surface area contributed by atoms with Crippen LogP contribution in [0.5, 0.6) is 11.5 Å². The summed E-state index contributed by atoms with van der Waals surface area (Å²) in [6.45, 7) is 11.8. The van der Waals surface area contributed by atoms with Gasteiger partial charge in [-0.25, -0.2) is 14.4 Å². The number of anilines is 2. The lowest BCUT2D eigenvalue weighted by Gasteiger charge is -2.29. The van der Waals surface area contributed by atoms with Gasteiger partial charge in [-0.15, -0.1) is 11.3 Å². The Hall–Kier alpha value is -6.81. The lowest BCUT2D eigenvalue weighted by atomic mass is 9.91. The molecule has 7 aromatic rings. The van der Waals surface area contributed by atoms with Crippen LogP contribution in [0.1, 0.15) is 55.3 Å². The molecule has 4 aromatic carbocycles. The molecule has 0 unspecified atom stereocenters. The number of rotatable bonds is 22. The number of Topliss-reactive ketones (excluding diaryl/α,β-unsaturated/α-hetero) is 1. The average Bonchev–Trinajstić information content (AvgIpc) is 4.16. The minimum Gasteiger partial charge on any atom is -0.508 e. The maximum Gasteiger partial charge on any atom is 0.243 e. The monoisotopic (exact) mass is 1080 g/mol. The number of benzene rings is 4. The second-order valence-electron chi connectivity index (χ2n) is 19.4. The molecule has 2 aliphatic heterocycles. The van der Waals surface area contributed by atoms with Gasteiger partial charge < -0.3 is 55.3 Å². The third-order valence-electron chi connectivity index (χ3n) is 13.6. The molecule has 0 radical (unpaired) electrons. The number of thiazole rings is 1. The predicted octanol–water partition coefficient (Wildman–Crippen LogP) is 7.16. The largest absolute Gasteiger partial charge is 0.508 e. The number of phenols is 1. The summed E-state index contributed by atoms with van der Waals surface area (Å²) in [5.41, 5.74) is 5.56. The van der Waals surface area contributed by atoms with Crippen LogP contribution in [0.15, 0.2) is 76.8 Å². The van der Waals surface area contributed by atoms with Crippen molar-refractivity contribution in [3.8, 4) is 33.1 Å². The Balaban J connectivity index is 0.766. The number of aromatic hydroxyl groups is 1. The van der Waals surface area contributed by atoms with E-state index >= 15 is 4.39 Å². The van der Waals surface area contributed by atoms with Gasteiger partial charge in [0.25, 0.3) is 0 Å². The van der Waals surface area contributed by atoms with Crippen molar-refractivity contribution in [2.24, 2.45) is 5.92 Å². The molecule has 0 spiro atoms. The van der Waals surface area contributed by atoms with Crippen LogP contribution in [0.3, 0.4) is 0 Å². The molecule has 18 nitrogen and oxygen atoms in total. The highest BCUT2D eigenvalue weighted by molar-refractivity contribution is 7.13. The molecule has 400 valence electrons. The molecule has 0 saturated carbocycles. The SMILES string of the molecule is Cc1cc([C@@H](C(=O)N2C[C@H](O)C[C@H]2C(=O)NCc2ccc(-c3scnc3C)cc2OCCOCCNCC(=O)CCNc2nc(N3CCNCC3)c3cc(Cl)c(-c4cc(O)cc5ccccc45)c(F)c3n2)C(C)C)on1. The van der Waals surface area contributed by atoms with Gasteiger partial charge in [-0.05, 0) is 65.9 Å². The standard InChI is InChI=1S/C55H62ClFN10O8S/c1-31(2)47(46-21-32(3)65-75-46)54(72)67-29-39(70)25-44(67)53(71)61-27-36-10-9-35(51-33(4)62-30-76-51)23-45(36)74-20-19-73-18-15-59-28-37(68)11-12-60-55-63-50-42(52(64-55)66-16-13-58-14-17-66)26-43(56)48(49(50)57)41-24-38(69)22-34-7-5-6-8-40(34)41/h5-10,21-24,26,30-31,39,44,47,58-59,69-70H,11-20,25,27-29H2,1-4H3,(H,61,71)(H,60,63,64)/t39-,44+,47+/m1/s1. The number of aliphatic hydroxyl groups is 1. The molecule has 0 aliphatic carbocycles. The van der Waals surface area contributed by atoms with Crippen molar-refractivity contribution in [3.05, 3.63) is 106 Å². The number of halogens is 2. The minimum absolute atomic E-state index is 0.0198. The van der Waals surface area contributed by atoms with E-state index in [1.165, 1.54) is 22.3 Å². The molecule has 2 fully saturated rings. The topological polar surface area (TPSA) is 229 Å². The summed E-state index contributed by atoms with van der Waals surface area (Å²) in [5, 5.41) is 39.9. The Kier molecular flexibility index (Phi) is 17.4. The Morgan fingerprint density at radius 1 is 1.00 bits per heavy atom. The maximum atomic E-state index is 16.9. The first-order valence-corrected chi connectivity index (χ1v) is 26.8. The van der Waals surface area contributed by atoms with Crippen LogP contribution in [-0.2, 0) is 25.7 Å². The number of nitrogens with one attached hydrogen (secondary N) is 4. The Labute approximate surface area is 448 Å². The summed E-state index contributed by atoms with van der Waals surface area (Å²) in [6.07, 6.45) is -0.602. The van der Waals surface area contributed by atoms with E-state index in [1.807, 2.05) is 63.2 Å². The Bertz CT molecular complexity index is 3220. The molecule has 21 heteroatoms. The normalized spacial score (nSPS) is 16.2. The van der Waals surface area contributed by atoms with Gasteiger partial charge >= 0.3 is 0 Å². The van der Waals surface area contributed by atoms with Crippen LogP contribution in [0, 0.1) is 25.6 Å². The molecule has 6 N–H and O–H groups in total. The summed E-state index contributed by atoms with van der Waals surface area (Å²) in [4.78, 5) is 59.0. The van der Waals surface area contributed by atoms with Crippen LogP contribution in [0.25, 0.3) is 43.2 Å². The number of aryl methyl sites for hydroxylation is 2. The number of ether oxygens (including phenoxy) is 2. The van der Waals surface area contributed by atoms with Crippen molar-refractivity contribution in [1.29, 1.82) is 0 Å². The molecule has 3 atom stereocenters. The van der Waals surface area contributed by atoms with E-state index in [-0.39, 0.29) is 97.6 Å². The molecule has 9 rings (SSSR count). The zero-order chi connectivity index (χ0) is 53.5. The highest BCUT2D eigenvalue weighted by Gasteiger charge is 2.43. The number of amides is 2. The summed E-state index contributed by atoms with van der Waals surface area (Å²) in [5.74, 6) is -0.552. The third-order valence-corrected chi connectivity index (χ3v) is 14.9. The number of nitrogens with zero attached hydrogens (tertiary/aromatic N) is 6. The number of carbonyl (C=O) groups is 3. The first kappa shape index (κ1) is 54.0. The van der Waals surface area contributed by atoms with Crippen molar-refractivity contribution in [2.75, 3.05) is 82.4 Å². The van der Waals surface area contributed by atoms with E-state index in [0.29, 0.717) is 65.8 Å². The van der Waals surface area contributed by atoms with Crippen molar-refractivity contribution < 1.29 is 43.0 Å². The van der Waals surface area contributed by atoms with Gasteiger partial charge in [-0.3, -0.25) is 14.4 Å². The number of carbonyl (C=O) groups excluding carboxylic acids is 3. The van der Waals surface area contributed by atoms with E-state index in [1.54, 1.807) is 30.6 Å². The first-order chi connectivity index (χ1) is 36.7. The van der Waals surface area contributed by atoms with Crippen LogP contribution < -0.4 is 30.9 Å². The van der Waals surface area contributed by atoms with Gasteiger partial charge in [0.1, 0.15) is 52.9 Å². The van der Waals surface area contributed by atoms with Crippen molar-refractivity contribution in [3.63, 3.8) is 0 Å². The van der Waals surface area contributed by atoms with E-state index in [2.05, 4.69) is 41.3 Å². The van der Waals surface area contributed by atoms with E-state index in [0.717, 1.165) is 40.0 Å². The number of fused-ring (bicyclic) bond motifs is 2. The number of phenolic OH excluding ortho intramolecular Hbond substituents is 1. The molecule has 2 amide bonds. The van der Waals surface area contributed by atoms with Gasteiger partial charge in [-0.2, -0.15) is 4.98 Å². The molecular weight excluding hydrogens is 1020 g/mol. The van der Waals surface area contributed by atoms with Crippen molar-refractivity contribution in [1.82, 2.24) is 41.0 Å². The molecule has 2 aliphatic rings. The van der Waals surface area contributed by atoms with Gasteiger partial charge in [0.15, 0.2) is 5.82 Å². The maximum absolute atomic E-state index is 16.9. The number of β-amino-alcohol motifs (C(OH)–C–C–N with tert-alkyl or cyclic N) is 1. The summed E-state index contributed by atoms with van der Waals surface area (Å²) >= 11 is 8.37. The van der Waals surface area contributed by atoms with Crippen molar-refractivity contribution >= 4 is 74.0 Å². The van der Waals surface area contributed by atoms with Crippen LogP contribution in [-0.4, -0.2) is 137 Å². The van der Waals surface area contributed by atoms with E-state index in [9.17, 15) is 24.6 Å². The van der Waals surface area contributed by atoms with Gasteiger partial charge in [0.2, 0.25) is 17.8 Å². The number of hydrogen-bond donors (Lipinski definition) is 6. The second kappa shape index (κ2) is 24.5. The van der Waals surface area contributed by atoms with Gasteiger partial charge in [0.05, 0.1) is 52.7 Å². The smallest absolute Gasteiger partial charge is 0.243 e. The quantitative estimate of drug-likeness (QED) is 0.0370. The number of piperazine rings is 1. The predicted molar refractivity (Wildman–Crippen MR) is 291 cm³/mol. The fourth-order valence-corrected chi connectivity index (χ4v) is 10.9. The third kappa shape index (κ3) is 12.4. The number of aromatic nitrogens is 4. The van der Waals surface area contributed by atoms with Crippen molar-refractivity contribution in [2.45, 2.75) is 65.1 Å². The molecule has 0 bridgehead atoms. The number of ketones is 1. The van der Waals surface area contributed by atoms with Crippen LogP contribution in [0.2, 0.25) is 5.02 Å². The van der Waals surface area contributed by atoms with E-state index in [4.69, 9.17) is 30.6 Å². The molecule has 76 heavy (non-hydrogen) atoms. The fourth-order valence-electron chi connectivity index (χ4n) is 9.82.